The fraction of sp³-hybridized carbons (Fsp3) is 0.692. The van der Waals surface area contributed by atoms with E-state index in [-0.39, 0.29) is 6.10 Å². The van der Waals surface area contributed by atoms with Crippen LogP contribution in [0.15, 0.2) is 16.5 Å². The van der Waals surface area contributed by atoms with Gasteiger partial charge < -0.3 is 14.8 Å². The van der Waals surface area contributed by atoms with Gasteiger partial charge in [-0.2, -0.15) is 0 Å². The highest BCUT2D eigenvalue weighted by Crippen LogP contribution is 2.08. The first-order valence-electron chi connectivity index (χ1n) is 6.24. The van der Waals surface area contributed by atoms with Gasteiger partial charge in [-0.15, -0.1) is 0 Å². The quantitative estimate of drug-likeness (QED) is 0.674. The van der Waals surface area contributed by atoms with Crippen LogP contribution in [0.5, 0.6) is 0 Å². The molecule has 2 N–H and O–H groups in total. The van der Waals surface area contributed by atoms with Crippen LogP contribution in [0.4, 0.5) is 0 Å². The van der Waals surface area contributed by atoms with Crippen LogP contribution < -0.4 is 5.32 Å². The van der Waals surface area contributed by atoms with Crippen molar-refractivity contribution in [3.63, 3.8) is 0 Å². The van der Waals surface area contributed by atoms with E-state index in [2.05, 4.69) is 17.1 Å². The van der Waals surface area contributed by atoms with Crippen molar-refractivity contribution in [1.29, 1.82) is 0 Å². The van der Waals surface area contributed by atoms with E-state index in [0.29, 0.717) is 13.1 Å². The van der Waals surface area contributed by atoms with Gasteiger partial charge in [-0.05, 0) is 39.1 Å². The summed E-state index contributed by atoms with van der Waals surface area (Å²) in [6.07, 6.45) is 0.761. The van der Waals surface area contributed by atoms with Crippen molar-refractivity contribution >= 4 is 0 Å². The number of aliphatic hydroxyl groups is 1. The van der Waals surface area contributed by atoms with Crippen molar-refractivity contribution < 1.29 is 9.52 Å². The molecule has 0 saturated heterocycles. The number of hydrogen-bond acceptors (Lipinski definition) is 4. The van der Waals surface area contributed by atoms with Crippen LogP contribution in [0.1, 0.15) is 24.9 Å². The molecule has 1 aromatic heterocycles. The molecule has 1 heterocycles. The maximum absolute atomic E-state index is 9.79. The van der Waals surface area contributed by atoms with Crippen LogP contribution in [-0.4, -0.2) is 42.8 Å². The van der Waals surface area contributed by atoms with Gasteiger partial charge in [0, 0.05) is 13.1 Å². The Balaban J connectivity index is 2.21. The van der Waals surface area contributed by atoms with Gasteiger partial charge in [-0.3, -0.25) is 4.90 Å². The zero-order valence-electron chi connectivity index (χ0n) is 11.1. The predicted octanol–water partition coefficient (Wildman–Crippen LogP) is 1.38. The van der Waals surface area contributed by atoms with Gasteiger partial charge in [0.05, 0.1) is 12.6 Å². The molecule has 1 rings (SSSR count). The first-order chi connectivity index (χ1) is 8.11. The van der Waals surface area contributed by atoms with Crippen LogP contribution in [0.25, 0.3) is 0 Å². The van der Waals surface area contributed by atoms with Gasteiger partial charge in [-0.25, -0.2) is 0 Å². The Labute approximate surface area is 104 Å². The third kappa shape index (κ3) is 5.86. The van der Waals surface area contributed by atoms with E-state index in [1.807, 2.05) is 26.1 Å². The van der Waals surface area contributed by atoms with Crippen molar-refractivity contribution in [1.82, 2.24) is 10.2 Å². The summed E-state index contributed by atoms with van der Waals surface area (Å²) in [5.41, 5.74) is 0. The molecule has 0 aromatic carbocycles. The second-order valence-electron chi connectivity index (χ2n) is 4.57. The lowest BCUT2D eigenvalue weighted by atomic mass is 10.3. The molecule has 0 aliphatic heterocycles. The molecule has 98 valence electrons. The molecule has 1 atom stereocenters. The summed E-state index contributed by atoms with van der Waals surface area (Å²) < 4.78 is 5.50. The van der Waals surface area contributed by atoms with Gasteiger partial charge in [0.25, 0.3) is 0 Å². The van der Waals surface area contributed by atoms with E-state index in [1.54, 1.807) is 0 Å². The lowest BCUT2D eigenvalue weighted by Crippen LogP contribution is -2.36. The monoisotopic (exact) mass is 240 g/mol. The summed E-state index contributed by atoms with van der Waals surface area (Å²) >= 11 is 0. The number of rotatable bonds is 8. The molecule has 4 heteroatoms. The molecular weight excluding hydrogens is 216 g/mol. The van der Waals surface area contributed by atoms with Gasteiger partial charge in [-0.1, -0.05) is 6.92 Å². The molecular formula is C13H24N2O2. The predicted molar refractivity (Wildman–Crippen MR) is 68.9 cm³/mol. The van der Waals surface area contributed by atoms with E-state index in [1.165, 1.54) is 0 Å². The number of aryl methyl sites for hydroxylation is 1. The lowest BCUT2D eigenvalue weighted by Gasteiger charge is -2.19. The Hall–Kier alpha value is -0.840. The smallest absolute Gasteiger partial charge is 0.118 e. The van der Waals surface area contributed by atoms with Gasteiger partial charge >= 0.3 is 0 Å². The molecule has 1 aromatic rings. The van der Waals surface area contributed by atoms with E-state index in [9.17, 15) is 5.11 Å². The number of aliphatic hydroxyl groups excluding tert-OH is 1. The maximum atomic E-state index is 9.79. The fourth-order valence-corrected chi connectivity index (χ4v) is 1.77. The summed E-state index contributed by atoms with van der Waals surface area (Å²) in [6.45, 7) is 7.04. The van der Waals surface area contributed by atoms with Crippen molar-refractivity contribution in [2.24, 2.45) is 0 Å². The molecule has 0 amide bonds. The zero-order valence-corrected chi connectivity index (χ0v) is 11.1. The average Bonchev–Trinajstić information content (AvgIpc) is 2.64. The largest absolute Gasteiger partial charge is 0.465 e. The minimum absolute atomic E-state index is 0.331. The average molecular weight is 240 g/mol. The van der Waals surface area contributed by atoms with Gasteiger partial charge in [0.2, 0.25) is 0 Å². The van der Waals surface area contributed by atoms with Crippen LogP contribution in [0, 0.1) is 6.92 Å². The Morgan fingerprint density at radius 2 is 2.24 bits per heavy atom. The van der Waals surface area contributed by atoms with Crippen molar-refractivity contribution in [3.05, 3.63) is 23.7 Å². The third-order valence-corrected chi connectivity index (χ3v) is 2.55. The molecule has 0 aliphatic rings. The summed E-state index contributed by atoms with van der Waals surface area (Å²) in [6, 6.07) is 3.94. The van der Waals surface area contributed by atoms with Crippen molar-refractivity contribution in [2.45, 2.75) is 32.9 Å². The lowest BCUT2D eigenvalue weighted by molar-refractivity contribution is 0.118. The molecule has 4 nitrogen and oxygen atoms in total. The summed E-state index contributed by atoms with van der Waals surface area (Å²) in [5.74, 6) is 1.87. The highest BCUT2D eigenvalue weighted by atomic mass is 16.3. The first-order valence-corrected chi connectivity index (χ1v) is 6.24. The highest BCUT2D eigenvalue weighted by Gasteiger charge is 2.09. The molecule has 0 aliphatic carbocycles. The van der Waals surface area contributed by atoms with Crippen molar-refractivity contribution in [2.75, 3.05) is 26.7 Å². The molecule has 0 spiro atoms. The number of nitrogens with zero attached hydrogens (tertiary/aromatic N) is 1. The molecule has 1 unspecified atom stereocenters. The SMILES string of the molecule is CCCNCC(O)CN(C)Cc1ccc(C)o1. The van der Waals surface area contributed by atoms with E-state index in [0.717, 1.165) is 31.0 Å². The first kappa shape index (κ1) is 14.2. The molecule has 0 saturated carbocycles. The fourth-order valence-electron chi connectivity index (χ4n) is 1.77. The van der Waals surface area contributed by atoms with E-state index < -0.39 is 0 Å². The Bertz CT molecular complexity index is 312. The maximum Gasteiger partial charge on any atom is 0.118 e. The zero-order chi connectivity index (χ0) is 12.7. The Kier molecular flexibility index (Phi) is 6.26. The Morgan fingerprint density at radius 3 is 2.82 bits per heavy atom. The second kappa shape index (κ2) is 7.48. The second-order valence-corrected chi connectivity index (χ2v) is 4.57. The third-order valence-electron chi connectivity index (χ3n) is 2.55. The standard InChI is InChI=1S/C13H24N2O2/c1-4-7-14-8-12(16)9-15(3)10-13-6-5-11(2)17-13/h5-6,12,14,16H,4,7-10H2,1-3H3. The minimum atomic E-state index is -0.331. The topological polar surface area (TPSA) is 48.6 Å². The van der Waals surface area contributed by atoms with Crippen LogP contribution in [0.2, 0.25) is 0 Å². The molecule has 17 heavy (non-hydrogen) atoms. The van der Waals surface area contributed by atoms with E-state index >= 15 is 0 Å². The van der Waals surface area contributed by atoms with Crippen LogP contribution >= 0.6 is 0 Å². The Morgan fingerprint density at radius 1 is 1.47 bits per heavy atom. The molecule has 0 bridgehead atoms. The number of likely N-dealkylation sites (N-methyl/N-ethyl adjacent to an activating group) is 1. The molecule has 0 fully saturated rings. The number of furan rings is 1. The summed E-state index contributed by atoms with van der Waals surface area (Å²) in [4.78, 5) is 2.07. The molecule has 0 radical (unpaired) electrons. The van der Waals surface area contributed by atoms with Crippen LogP contribution in [0.3, 0.4) is 0 Å². The number of nitrogens with one attached hydrogen (secondary N) is 1. The highest BCUT2D eigenvalue weighted by molar-refractivity contribution is 5.05. The van der Waals surface area contributed by atoms with Crippen molar-refractivity contribution in [3.8, 4) is 0 Å². The summed E-state index contributed by atoms with van der Waals surface area (Å²) in [5, 5.41) is 13.0. The van der Waals surface area contributed by atoms with Gasteiger partial charge in [0.15, 0.2) is 0 Å². The minimum Gasteiger partial charge on any atom is -0.465 e. The summed E-state index contributed by atoms with van der Waals surface area (Å²) in [7, 11) is 1.99. The normalized spacial score (nSPS) is 13.2. The van der Waals surface area contributed by atoms with Gasteiger partial charge in [0.1, 0.15) is 11.5 Å². The van der Waals surface area contributed by atoms with Crippen LogP contribution in [-0.2, 0) is 6.54 Å². The van der Waals surface area contributed by atoms with E-state index in [4.69, 9.17) is 4.42 Å². The number of hydrogen-bond donors (Lipinski definition) is 2.